The zero-order chi connectivity index (χ0) is 13.8. The Bertz CT molecular complexity index is 765. The Morgan fingerprint density at radius 1 is 0.900 bits per heavy atom. The topological polar surface area (TPSA) is 22.0 Å². The van der Waals surface area contributed by atoms with Crippen molar-refractivity contribution < 1.29 is 0 Å². The Morgan fingerprint density at radius 2 is 1.65 bits per heavy atom. The van der Waals surface area contributed by atoms with Crippen LogP contribution in [0.5, 0.6) is 0 Å². The fourth-order valence-electron chi connectivity index (χ4n) is 2.18. The lowest BCUT2D eigenvalue weighted by molar-refractivity contribution is 0.743. The molecule has 0 atom stereocenters. The van der Waals surface area contributed by atoms with E-state index >= 15 is 0 Å². The molecule has 100 valence electrons. The van der Waals surface area contributed by atoms with E-state index in [1.54, 1.807) is 16.3 Å². The summed E-state index contributed by atoms with van der Waals surface area (Å²) >= 11 is 1.77. The molecular weight excluding hydrogens is 266 g/mol. The first kappa shape index (κ1) is 13.0. The number of aryl methyl sites for hydroxylation is 1. The zero-order valence-electron chi connectivity index (χ0n) is 11.0. The number of nitrogens with zero attached hydrogens (tertiary/aromatic N) is 1. The molecule has 0 saturated carbocycles. The van der Waals surface area contributed by atoms with Crippen molar-refractivity contribution >= 4 is 22.5 Å². The summed E-state index contributed by atoms with van der Waals surface area (Å²) in [7, 11) is 0. The first-order chi connectivity index (χ1) is 9.84. The molecule has 0 radical (unpaired) electrons. The maximum atomic E-state index is 12.3. The van der Waals surface area contributed by atoms with Gasteiger partial charge >= 0.3 is 0 Å². The van der Waals surface area contributed by atoms with Crippen molar-refractivity contribution in [2.24, 2.45) is 0 Å². The van der Waals surface area contributed by atoms with Crippen LogP contribution in [0, 0.1) is 0 Å². The van der Waals surface area contributed by atoms with Gasteiger partial charge in [-0.15, -0.1) is 11.8 Å². The molecule has 0 N–H and O–H groups in total. The van der Waals surface area contributed by atoms with Gasteiger partial charge in [0.15, 0.2) is 0 Å². The highest BCUT2D eigenvalue weighted by atomic mass is 32.2. The van der Waals surface area contributed by atoms with Crippen molar-refractivity contribution in [2.75, 3.05) is 5.75 Å². The molecule has 2 aromatic carbocycles. The van der Waals surface area contributed by atoms with Crippen LogP contribution in [0.3, 0.4) is 0 Å². The summed E-state index contributed by atoms with van der Waals surface area (Å²) in [6.45, 7) is 0.725. The minimum Gasteiger partial charge on any atom is -0.314 e. The molecule has 20 heavy (non-hydrogen) atoms. The molecule has 0 bridgehead atoms. The monoisotopic (exact) mass is 281 g/mol. The van der Waals surface area contributed by atoms with E-state index < -0.39 is 0 Å². The van der Waals surface area contributed by atoms with Gasteiger partial charge in [-0.25, -0.2) is 0 Å². The Kier molecular flexibility index (Phi) is 3.88. The van der Waals surface area contributed by atoms with E-state index in [9.17, 15) is 4.79 Å². The van der Waals surface area contributed by atoms with Crippen LogP contribution < -0.4 is 5.56 Å². The van der Waals surface area contributed by atoms with E-state index in [-0.39, 0.29) is 5.56 Å². The second kappa shape index (κ2) is 5.97. The van der Waals surface area contributed by atoms with Gasteiger partial charge in [-0.2, -0.15) is 0 Å². The van der Waals surface area contributed by atoms with Crippen LogP contribution in [0.15, 0.2) is 76.6 Å². The molecule has 0 fully saturated rings. The van der Waals surface area contributed by atoms with Gasteiger partial charge < -0.3 is 4.57 Å². The van der Waals surface area contributed by atoms with Crippen molar-refractivity contribution in [3.8, 4) is 0 Å². The minimum atomic E-state index is 0.0942. The molecule has 0 amide bonds. The second-order valence-electron chi connectivity index (χ2n) is 4.56. The summed E-state index contributed by atoms with van der Waals surface area (Å²) in [5.74, 6) is 0.891. The molecule has 3 aromatic rings. The maximum absolute atomic E-state index is 12.3. The van der Waals surface area contributed by atoms with E-state index in [0.717, 1.165) is 23.1 Å². The lowest BCUT2D eigenvalue weighted by Gasteiger charge is -2.07. The van der Waals surface area contributed by atoms with Crippen LogP contribution in [-0.2, 0) is 6.54 Å². The highest BCUT2D eigenvalue weighted by Crippen LogP contribution is 2.17. The highest BCUT2D eigenvalue weighted by Gasteiger charge is 2.02. The predicted octanol–water partition coefficient (Wildman–Crippen LogP) is 3.79. The Balaban J connectivity index is 1.75. The maximum Gasteiger partial charge on any atom is 0.258 e. The number of benzene rings is 2. The van der Waals surface area contributed by atoms with E-state index in [0.29, 0.717) is 0 Å². The Hall–Kier alpha value is -2.00. The summed E-state index contributed by atoms with van der Waals surface area (Å²) in [6.07, 6.45) is 1.89. The third-order valence-electron chi connectivity index (χ3n) is 3.23. The van der Waals surface area contributed by atoms with Crippen molar-refractivity contribution in [1.82, 2.24) is 4.57 Å². The molecule has 0 saturated heterocycles. The quantitative estimate of drug-likeness (QED) is 0.679. The lowest BCUT2D eigenvalue weighted by Crippen LogP contribution is -2.20. The molecule has 0 aliphatic heterocycles. The van der Waals surface area contributed by atoms with Crippen molar-refractivity contribution in [3.05, 3.63) is 77.2 Å². The fraction of sp³-hybridized carbons (Fsp3) is 0.118. The number of hydrogen-bond acceptors (Lipinski definition) is 2. The molecule has 3 heteroatoms. The van der Waals surface area contributed by atoms with Crippen molar-refractivity contribution in [2.45, 2.75) is 11.4 Å². The zero-order valence-corrected chi connectivity index (χ0v) is 11.8. The van der Waals surface area contributed by atoms with Crippen LogP contribution >= 0.6 is 11.8 Å². The van der Waals surface area contributed by atoms with Gasteiger partial charge in [0.2, 0.25) is 0 Å². The summed E-state index contributed by atoms with van der Waals surface area (Å²) in [6, 6.07) is 20.0. The summed E-state index contributed by atoms with van der Waals surface area (Å²) in [4.78, 5) is 13.6. The number of pyridine rings is 1. The molecule has 0 unspecified atom stereocenters. The summed E-state index contributed by atoms with van der Waals surface area (Å²) < 4.78 is 1.79. The van der Waals surface area contributed by atoms with Gasteiger partial charge in [0, 0.05) is 28.8 Å². The molecule has 1 heterocycles. The number of hydrogen-bond donors (Lipinski definition) is 0. The summed E-state index contributed by atoms with van der Waals surface area (Å²) in [5, 5.41) is 1.80. The number of thioether (sulfide) groups is 1. The third-order valence-corrected chi connectivity index (χ3v) is 4.22. The standard InChI is InChI=1S/C17H15NOS/c19-17-16-9-5-4-6-14(16)10-11-18(17)12-13-20-15-7-2-1-3-8-15/h1-11H,12-13H2. The average Bonchev–Trinajstić information content (AvgIpc) is 2.51. The fourth-order valence-corrected chi connectivity index (χ4v) is 3.06. The number of fused-ring (bicyclic) bond motifs is 1. The van der Waals surface area contributed by atoms with E-state index in [4.69, 9.17) is 0 Å². The van der Waals surface area contributed by atoms with E-state index in [1.165, 1.54) is 4.90 Å². The molecule has 1 aromatic heterocycles. The van der Waals surface area contributed by atoms with Crippen molar-refractivity contribution in [3.63, 3.8) is 0 Å². The van der Waals surface area contributed by atoms with Crippen LogP contribution in [0.4, 0.5) is 0 Å². The van der Waals surface area contributed by atoms with Gasteiger partial charge in [-0.3, -0.25) is 4.79 Å². The molecule has 0 aliphatic rings. The second-order valence-corrected chi connectivity index (χ2v) is 5.73. The van der Waals surface area contributed by atoms with Gasteiger partial charge in [0.25, 0.3) is 5.56 Å². The van der Waals surface area contributed by atoms with Crippen LogP contribution in [-0.4, -0.2) is 10.3 Å². The largest absolute Gasteiger partial charge is 0.314 e. The number of aromatic nitrogens is 1. The van der Waals surface area contributed by atoms with Crippen LogP contribution in [0.2, 0.25) is 0 Å². The van der Waals surface area contributed by atoms with Gasteiger partial charge in [-0.05, 0) is 29.7 Å². The van der Waals surface area contributed by atoms with Gasteiger partial charge in [0.1, 0.15) is 0 Å². The number of rotatable bonds is 4. The Morgan fingerprint density at radius 3 is 2.50 bits per heavy atom. The van der Waals surface area contributed by atoms with Crippen LogP contribution in [0.25, 0.3) is 10.8 Å². The Labute approximate surface area is 122 Å². The van der Waals surface area contributed by atoms with Crippen LogP contribution in [0.1, 0.15) is 0 Å². The molecule has 2 nitrogen and oxygen atoms in total. The van der Waals surface area contributed by atoms with E-state index in [1.807, 2.05) is 54.7 Å². The minimum absolute atomic E-state index is 0.0942. The molecule has 0 aliphatic carbocycles. The van der Waals surface area contributed by atoms with Gasteiger partial charge in [-0.1, -0.05) is 36.4 Å². The highest BCUT2D eigenvalue weighted by molar-refractivity contribution is 7.99. The lowest BCUT2D eigenvalue weighted by atomic mass is 10.2. The van der Waals surface area contributed by atoms with E-state index in [2.05, 4.69) is 12.1 Å². The molecular formula is C17H15NOS. The first-order valence-corrected chi connectivity index (χ1v) is 7.59. The average molecular weight is 281 g/mol. The normalized spacial score (nSPS) is 10.8. The third kappa shape index (κ3) is 2.78. The summed E-state index contributed by atoms with van der Waals surface area (Å²) in [5.41, 5.74) is 0.0942. The van der Waals surface area contributed by atoms with Gasteiger partial charge in [0.05, 0.1) is 0 Å². The molecule has 0 spiro atoms. The molecule has 3 rings (SSSR count). The smallest absolute Gasteiger partial charge is 0.258 e. The SMILES string of the molecule is O=c1c2ccccc2ccn1CCSc1ccccc1. The predicted molar refractivity (Wildman–Crippen MR) is 85.4 cm³/mol. The first-order valence-electron chi connectivity index (χ1n) is 6.60. The van der Waals surface area contributed by atoms with Crippen molar-refractivity contribution in [1.29, 1.82) is 0 Å².